The fraction of sp³-hybridized carbons (Fsp3) is 0. The fourth-order valence-electron chi connectivity index (χ4n) is 1.65. The van der Waals surface area contributed by atoms with Crippen molar-refractivity contribution in [1.82, 2.24) is 0 Å². The van der Waals surface area contributed by atoms with E-state index in [0.717, 1.165) is 0 Å². The molecular weight excluding hydrogens is 394 g/mol. The van der Waals surface area contributed by atoms with Gasteiger partial charge in [0.25, 0.3) is 0 Å². The molecule has 4 nitrogen and oxygen atoms in total. The predicted molar refractivity (Wildman–Crippen MR) is 75.0 cm³/mol. The molecule has 2 rings (SSSR count). The molecule has 0 aliphatic heterocycles. The predicted octanol–water partition coefficient (Wildman–Crippen LogP) is 4.21. The van der Waals surface area contributed by atoms with Crippen LogP contribution in [-0.2, 0) is 6.14 Å². The molecule has 0 fully saturated rings. The van der Waals surface area contributed by atoms with Crippen LogP contribution < -0.4 is 0 Å². The summed E-state index contributed by atoms with van der Waals surface area (Å²) in [5, 5.41) is 10.0. The quantitative estimate of drug-likeness (QED) is 0.769. The van der Waals surface area contributed by atoms with Crippen LogP contribution in [0.2, 0.25) is 10.0 Å². The number of benzene rings is 2. The van der Waals surface area contributed by atoms with Gasteiger partial charge in [0.15, 0.2) is 0 Å². The first-order valence-electron chi connectivity index (χ1n) is 4.62. The first-order chi connectivity index (χ1) is 8.43. The summed E-state index contributed by atoms with van der Waals surface area (Å²) in [7, 11) is 0. The molecule has 0 aliphatic carbocycles. The second-order valence-corrected chi connectivity index (χ2v) is 6.52. The first kappa shape index (κ1) is 13.5. The van der Waals surface area contributed by atoms with Crippen LogP contribution in [0.1, 0.15) is 10.4 Å². The summed E-state index contributed by atoms with van der Waals surface area (Å²) in [6.07, 6.45) is 0. The highest BCUT2D eigenvalue weighted by Crippen LogP contribution is 2.39. The number of carbonyl (C=O) groups is 1. The van der Waals surface area contributed by atoms with Gasteiger partial charge in [-0.25, -0.2) is 10.9 Å². The van der Waals surface area contributed by atoms with Gasteiger partial charge in [-0.3, -0.25) is 0 Å². The van der Waals surface area contributed by atoms with Crippen LogP contribution in [0.3, 0.4) is 0 Å². The number of hydrogen-bond acceptors (Lipinski definition) is 3. The van der Waals surface area contributed by atoms with Gasteiger partial charge in [-0.1, -0.05) is 35.3 Å². The van der Waals surface area contributed by atoms with Crippen molar-refractivity contribution in [3.05, 3.63) is 43.4 Å². The molecule has 0 bridgehead atoms. The van der Waals surface area contributed by atoms with Crippen molar-refractivity contribution in [2.75, 3.05) is 0 Å². The zero-order valence-electron chi connectivity index (χ0n) is 8.62. The Hall–Kier alpha value is -0.920. The smallest absolute Gasteiger partial charge is 0.343 e. The Morgan fingerprint density at radius 3 is 2.44 bits per heavy atom. The topological polar surface area (TPSA) is 71.4 Å². The maximum absolute atomic E-state index is 11.2. The largest absolute Gasteiger partial charge is 0.478 e. The molecule has 0 spiro atoms. The molecule has 2 aromatic rings. The van der Waals surface area contributed by atoms with E-state index in [1.54, 1.807) is 18.2 Å². The lowest BCUT2D eigenvalue weighted by atomic mass is 10.1. The molecule has 0 saturated carbocycles. The fourth-order valence-corrected chi connectivity index (χ4v) is 4.19. The number of hydrogen-bond donors (Lipinski definition) is 1. The van der Waals surface area contributed by atoms with Crippen molar-refractivity contribution < 1.29 is 16.0 Å². The zero-order valence-corrected chi connectivity index (χ0v) is 12.3. The second kappa shape index (κ2) is 4.99. The van der Waals surface area contributed by atoms with Gasteiger partial charge in [-0.05, 0) is 17.5 Å². The third-order valence-electron chi connectivity index (χ3n) is 2.38. The molecular formula is C11H5Cl2IO4. The summed E-state index contributed by atoms with van der Waals surface area (Å²) in [5.41, 5.74) is -0.315. The van der Waals surface area contributed by atoms with Crippen LogP contribution >= 0.6 is 43.0 Å². The summed E-state index contributed by atoms with van der Waals surface area (Å²) in [4.78, 5) is 11.1. The molecule has 0 unspecified atom stereocenters. The molecule has 7 heteroatoms. The van der Waals surface area contributed by atoms with Crippen molar-refractivity contribution >= 4 is 59.7 Å². The summed E-state index contributed by atoms with van der Waals surface area (Å²) in [6, 6.07) is 6.09. The number of rotatable bonds is 2. The molecule has 0 amide bonds. The second-order valence-electron chi connectivity index (χ2n) is 3.41. The third-order valence-corrected chi connectivity index (χ3v) is 5.39. The summed E-state index contributed by atoms with van der Waals surface area (Å²) >= 11 is 7.89. The van der Waals surface area contributed by atoms with E-state index in [2.05, 4.69) is 0 Å². The van der Waals surface area contributed by atoms with Gasteiger partial charge in [-0.2, -0.15) is 0 Å². The van der Waals surface area contributed by atoms with Crippen molar-refractivity contribution in [2.24, 2.45) is 0 Å². The summed E-state index contributed by atoms with van der Waals surface area (Å²) in [6.45, 7) is 0. The highest BCUT2D eigenvalue weighted by molar-refractivity contribution is 14.2. The minimum Gasteiger partial charge on any atom is -0.478 e. The molecule has 0 aromatic heterocycles. The molecule has 18 heavy (non-hydrogen) atoms. The minimum atomic E-state index is -4.04. The Labute approximate surface area is 119 Å². The van der Waals surface area contributed by atoms with Crippen LogP contribution in [0.5, 0.6) is 0 Å². The lowest BCUT2D eigenvalue weighted by Gasteiger charge is -2.07. The Bertz CT molecular complexity index is 729. The van der Waals surface area contributed by atoms with E-state index in [1.807, 2.05) is 0 Å². The maximum Gasteiger partial charge on any atom is 0.343 e. The lowest BCUT2D eigenvalue weighted by Crippen LogP contribution is -2.01. The number of carboxylic acids is 1. The van der Waals surface area contributed by atoms with Crippen LogP contribution in [0.25, 0.3) is 10.8 Å². The minimum absolute atomic E-state index is 0.120. The van der Waals surface area contributed by atoms with Gasteiger partial charge < -0.3 is 5.11 Å². The van der Waals surface area contributed by atoms with E-state index in [4.69, 9.17) is 28.3 Å². The van der Waals surface area contributed by atoms with E-state index in [0.29, 0.717) is 10.8 Å². The molecule has 0 aliphatic rings. The van der Waals surface area contributed by atoms with Crippen molar-refractivity contribution in [3.8, 4) is 0 Å². The Morgan fingerprint density at radius 2 is 1.89 bits per heavy atom. The maximum atomic E-state index is 11.2. The van der Waals surface area contributed by atoms with Gasteiger partial charge in [-0.15, -0.1) is 0 Å². The standard InChI is InChI=1S/C11H5Cl2IO4/c12-7-3-1-2-5-4-6(11(15)16)10(14(17)18)9(13)8(5)7/h1-4H,(H,15,16). The summed E-state index contributed by atoms with van der Waals surface area (Å²) < 4.78 is 22.2. The van der Waals surface area contributed by atoms with E-state index in [9.17, 15) is 10.9 Å². The highest BCUT2D eigenvalue weighted by Gasteiger charge is 2.21. The zero-order chi connectivity index (χ0) is 13.4. The van der Waals surface area contributed by atoms with Crippen molar-refractivity contribution in [1.29, 1.82) is 0 Å². The molecule has 0 heterocycles. The summed E-state index contributed by atoms with van der Waals surface area (Å²) in [5.74, 6) is -1.33. The molecule has 0 atom stereocenters. The highest BCUT2D eigenvalue weighted by atomic mass is 127. The SMILES string of the molecule is O=C(O)c1cc2cccc(Cl)c2c(Cl)c1I(=O)=O. The van der Waals surface area contributed by atoms with Gasteiger partial charge in [0.1, 0.15) is 3.57 Å². The number of aromatic carboxylic acids is 1. The van der Waals surface area contributed by atoms with E-state index in [-0.39, 0.29) is 19.2 Å². The molecule has 0 radical (unpaired) electrons. The Kier molecular flexibility index (Phi) is 3.74. The number of halogens is 3. The van der Waals surface area contributed by atoms with Crippen LogP contribution in [0.15, 0.2) is 24.3 Å². The third kappa shape index (κ3) is 2.17. The van der Waals surface area contributed by atoms with Gasteiger partial charge in [0, 0.05) is 10.4 Å². The van der Waals surface area contributed by atoms with E-state index < -0.39 is 25.8 Å². The van der Waals surface area contributed by atoms with E-state index in [1.165, 1.54) is 6.07 Å². The van der Waals surface area contributed by atoms with Crippen LogP contribution in [-0.4, -0.2) is 11.1 Å². The van der Waals surface area contributed by atoms with Crippen LogP contribution in [0, 0.1) is 3.57 Å². The van der Waals surface area contributed by atoms with Gasteiger partial charge >= 0.3 is 25.8 Å². The van der Waals surface area contributed by atoms with E-state index >= 15 is 0 Å². The monoisotopic (exact) mass is 398 g/mol. The Balaban J connectivity index is 3.05. The lowest BCUT2D eigenvalue weighted by molar-refractivity contribution is 0.0696. The molecule has 0 saturated heterocycles. The molecule has 94 valence electrons. The van der Waals surface area contributed by atoms with Crippen LogP contribution in [0.4, 0.5) is 0 Å². The number of carboxylic acid groups (broad SMARTS) is 1. The normalized spacial score (nSPS) is 11.1. The van der Waals surface area contributed by atoms with Crippen molar-refractivity contribution in [2.45, 2.75) is 0 Å². The number of fused-ring (bicyclic) bond motifs is 1. The average molecular weight is 399 g/mol. The molecule has 2 aromatic carbocycles. The van der Waals surface area contributed by atoms with Gasteiger partial charge in [0.05, 0.1) is 10.6 Å². The van der Waals surface area contributed by atoms with Crippen molar-refractivity contribution in [3.63, 3.8) is 0 Å². The average Bonchev–Trinajstić information content (AvgIpc) is 2.27. The molecule has 1 N–H and O–H groups in total. The Morgan fingerprint density at radius 1 is 1.22 bits per heavy atom. The van der Waals surface area contributed by atoms with Gasteiger partial charge in [0.2, 0.25) is 0 Å². The first-order valence-corrected chi connectivity index (χ1v) is 8.22.